The zero-order valence-electron chi connectivity index (χ0n) is 4.54. The number of piperidine rings is 1. The third kappa shape index (κ3) is 2.12. The van der Waals surface area contributed by atoms with Crippen LogP contribution in [0.4, 0.5) is 0 Å². The topological polar surface area (TPSA) is 12.0 Å². The molecule has 0 aromatic carbocycles. The van der Waals surface area contributed by atoms with Crippen molar-refractivity contribution in [1.29, 1.82) is 0 Å². The molecule has 1 rings (SSSR count). The molecule has 0 aromatic rings. The maximum atomic E-state index is 3.87. The van der Waals surface area contributed by atoms with Crippen molar-refractivity contribution in [2.75, 3.05) is 13.1 Å². The number of hydrogen-bond acceptors (Lipinski definition) is 1. The third-order valence-electron chi connectivity index (χ3n) is 1.31. The van der Waals surface area contributed by atoms with Crippen LogP contribution in [-0.2, 0) is 0 Å². The van der Waals surface area contributed by atoms with Gasteiger partial charge < -0.3 is 5.32 Å². The van der Waals surface area contributed by atoms with Gasteiger partial charge in [-0.1, -0.05) is 19.6 Å². The quantitative estimate of drug-likeness (QED) is 0.470. The molecule has 1 aliphatic rings. The van der Waals surface area contributed by atoms with Crippen LogP contribution in [-0.4, -0.2) is 13.1 Å². The number of hydrogen-bond donors (Lipinski definition) is 1. The van der Waals surface area contributed by atoms with E-state index in [4.69, 9.17) is 0 Å². The minimum atomic E-state index is 0. The summed E-state index contributed by atoms with van der Waals surface area (Å²) in [6, 6.07) is 0. The van der Waals surface area contributed by atoms with Gasteiger partial charge >= 0.3 is 0 Å². The van der Waals surface area contributed by atoms with Crippen LogP contribution in [0.2, 0.25) is 0 Å². The van der Waals surface area contributed by atoms with Gasteiger partial charge in [-0.3, -0.25) is 0 Å². The van der Waals surface area contributed by atoms with Gasteiger partial charge in [-0.05, 0) is 25.9 Å². The van der Waals surface area contributed by atoms with E-state index in [1.165, 1.54) is 18.4 Å². The van der Waals surface area contributed by atoms with Crippen molar-refractivity contribution in [1.82, 2.24) is 5.32 Å². The summed E-state index contributed by atoms with van der Waals surface area (Å²) in [7, 11) is 0. The summed E-state index contributed by atoms with van der Waals surface area (Å²) in [4.78, 5) is 0. The van der Waals surface area contributed by atoms with Crippen LogP contribution in [0.3, 0.4) is 0 Å². The molecular weight excluding hydrogens is 98.1 g/mol. The Bertz CT molecular complexity index is 68.5. The lowest BCUT2D eigenvalue weighted by Gasteiger charge is -2.12. The lowest BCUT2D eigenvalue weighted by molar-refractivity contribution is 0.612. The standard InChI is InChI=1S/C6H11N.CH4/c1-6-2-4-7-5-3-6;/h7H,1-5H2;1H4. The molecule has 1 nitrogen and oxygen atoms in total. The Hall–Kier alpha value is -0.300. The summed E-state index contributed by atoms with van der Waals surface area (Å²) in [5.41, 5.74) is 1.40. The average Bonchev–Trinajstić information content (AvgIpc) is 1.69. The summed E-state index contributed by atoms with van der Waals surface area (Å²) in [6.45, 7) is 6.15. The lowest BCUT2D eigenvalue weighted by atomic mass is 10.1. The second kappa shape index (κ2) is 3.67. The Kier molecular flexibility index (Phi) is 3.53. The smallest absolute Gasteiger partial charge is 0.00116 e. The second-order valence-corrected chi connectivity index (χ2v) is 2.00. The third-order valence-corrected chi connectivity index (χ3v) is 1.31. The van der Waals surface area contributed by atoms with Gasteiger partial charge in [-0.2, -0.15) is 0 Å². The average molecular weight is 113 g/mol. The fourth-order valence-electron chi connectivity index (χ4n) is 0.780. The van der Waals surface area contributed by atoms with Crippen LogP contribution in [0.25, 0.3) is 0 Å². The van der Waals surface area contributed by atoms with Crippen molar-refractivity contribution >= 4 is 0 Å². The van der Waals surface area contributed by atoms with E-state index in [0.29, 0.717) is 0 Å². The highest BCUT2D eigenvalue weighted by molar-refractivity contribution is 4.97. The highest BCUT2D eigenvalue weighted by Gasteiger charge is 1.98. The highest BCUT2D eigenvalue weighted by Crippen LogP contribution is 2.04. The Labute approximate surface area is 51.8 Å². The van der Waals surface area contributed by atoms with E-state index in [2.05, 4.69) is 11.9 Å². The monoisotopic (exact) mass is 113 g/mol. The van der Waals surface area contributed by atoms with Gasteiger partial charge in [-0.15, -0.1) is 0 Å². The maximum Gasteiger partial charge on any atom is -0.00116 e. The molecule has 8 heavy (non-hydrogen) atoms. The molecule has 0 unspecified atom stereocenters. The first-order chi connectivity index (χ1) is 3.39. The SMILES string of the molecule is C.C=C1CCNCC1. The van der Waals surface area contributed by atoms with Crippen molar-refractivity contribution in [3.8, 4) is 0 Å². The van der Waals surface area contributed by atoms with E-state index in [0.717, 1.165) is 13.1 Å². The zero-order valence-corrected chi connectivity index (χ0v) is 4.54. The molecule has 1 N–H and O–H groups in total. The largest absolute Gasteiger partial charge is 0.316 e. The van der Waals surface area contributed by atoms with Crippen LogP contribution >= 0.6 is 0 Å². The van der Waals surface area contributed by atoms with E-state index in [1.54, 1.807) is 0 Å². The van der Waals surface area contributed by atoms with E-state index in [-0.39, 0.29) is 7.43 Å². The molecule has 1 fully saturated rings. The molecule has 1 heterocycles. The molecule has 0 aromatic heterocycles. The predicted molar refractivity (Wildman–Crippen MR) is 38.0 cm³/mol. The van der Waals surface area contributed by atoms with Gasteiger partial charge in [0.25, 0.3) is 0 Å². The minimum absolute atomic E-state index is 0. The van der Waals surface area contributed by atoms with Crippen molar-refractivity contribution in [2.24, 2.45) is 0 Å². The van der Waals surface area contributed by atoms with Gasteiger partial charge in [0.2, 0.25) is 0 Å². The molecule has 0 aliphatic carbocycles. The molecular formula is C7H15N. The van der Waals surface area contributed by atoms with Gasteiger partial charge in [0.05, 0.1) is 0 Å². The Morgan fingerprint density at radius 3 is 2.00 bits per heavy atom. The van der Waals surface area contributed by atoms with Crippen LogP contribution in [0.1, 0.15) is 20.3 Å². The maximum absolute atomic E-state index is 3.87. The fraction of sp³-hybridized carbons (Fsp3) is 0.714. The molecule has 0 radical (unpaired) electrons. The van der Waals surface area contributed by atoms with Crippen molar-refractivity contribution in [3.05, 3.63) is 12.2 Å². The summed E-state index contributed by atoms with van der Waals surface area (Å²) in [5, 5.41) is 3.25. The summed E-state index contributed by atoms with van der Waals surface area (Å²) in [6.07, 6.45) is 2.36. The molecule has 0 spiro atoms. The van der Waals surface area contributed by atoms with Crippen molar-refractivity contribution in [2.45, 2.75) is 20.3 Å². The van der Waals surface area contributed by atoms with E-state index in [9.17, 15) is 0 Å². The van der Waals surface area contributed by atoms with Crippen molar-refractivity contribution < 1.29 is 0 Å². The summed E-state index contributed by atoms with van der Waals surface area (Å²) in [5.74, 6) is 0. The minimum Gasteiger partial charge on any atom is -0.316 e. The van der Waals surface area contributed by atoms with Crippen LogP contribution in [0.5, 0.6) is 0 Å². The molecule has 1 saturated heterocycles. The first-order valence-electron chi connectivity index (χ1n) is 2.77. The molecule has 0 saturated carbocycles. The number of nitrogens with one attached hydrogen (secondary N) is 1. The first kappa shape index (κ1) is 7.70. The summed E-state index contributed by atoms with van der Waals surface area (Å²) < 4.78 is 0. The Balaban J connectivity index is 0.000000490. The van der Waals surface area contributed by atoms with E-state index in [1.807, 2.05) is 0 Å². The zero-order chi connectivity index (χ0) is 5.11. The van der Waals surface area contributed by atoms with Crippen LogP contribution in [0, 0.1) is 0 Å². The normalized spacial score (nSPS) is 19.8. The van der Waals surface area contributed by atoms with Gasteiger partial charge in [0.15, 0.2) is 0 Å². The molecule has 1 heteroatoms. The first-order valence-corrected chi connectivity index (χ1v) is 2.77. The van der Waals surface area contributed by atoms with Gasteiger partial charge in [-0.25, -0.2) is 0 Å². The molecule has 0 amide bonds. The molecule has 0 atom stereocenters. The number of rotatable bonds is 0. The van der Waals surface area contributed by atoms with Gasteiger partial charge in [0.1, 0.15) is 0 Å². The lowest BCUT2D eigenvalue weighted by Crippen LogP contribution is -2.22. The Morgan fingerprint density at radius 1 is 1.25 bits per heavy atom. The molecule has 48 valence electrons. The fourth-order valence-corrected chi connectivity index (χ4v) is 0.780. The van der Waals surface area contributed by atoms with Gasteiger partial charge in [0, 0.05) is 0 Å². The van der Waals surface area contributed by atoms with E-state index < -0.39 is 0 Å². The molecule has 1 aliphatic heterocycles. The van der Waals surface area contributed by atoms with Crippen LogP contribution in [0.15, 0.2) is 12.2 Å². The van der Waals surface area contributed by atoms with Crippen LogP contribution < -0.4 is 5.32 Å². The van der Waals surface area contributed by atoms with Crippen molar-refractivity contribution in [3.63, 3.8) is 0 Å². The molecule has 0 bridgehead atoms. The predicted octanol–water partition coefficient (Wildman–Crippen LogP) is 1.56. The highest BCUT2D eigenvalue weighted by atomic mass is 14.9. The second-order valence-electron chi connectivity index (χ2n) is 2.00. The van der Waals surface area contributed by atoms with E-state index >= 15 is 0 Å². The summed E-state index contributed by atoms with van der Waals surface area (Å²) >= 11 is 0. The Morgan fingerprint density at radius 2 is 1.75 bits per heavy atom.